The molecule has 1 saturated heterocycles. The SMILES string of the molecule is CCc1c[nH]c(=S)n1C1(C)CCOC1C. The van der Waals surface area contributed by atoms with E-state index in [9.17, 15) is 0 Å². The third-order valence-electron chi connectivity index (χ3n) is 3.58. The first-order chi connectivity index (χ1) is 7.09. The summed E-state index contributed by atoms with van der Waals surface area (Å²) in [5.74, 6) is 0. The van der Waals surface area contributed by atoms with Crippen LogP contribution in [-0.4, -0.2) is 22.3 Å². The van der Waals surface area contributed by atoms with Gasteiger partial charge in [-0.2, -0.15) is 0 Å². The van der Waals surface area contributed by atoms with Crippen molar-refractivity contribution in [3.63, 3.8) is 0 Å². The number of aromatic amines is 1. The Labute approximate surface area is 95.5 Å². The van der Waals surface area contributed by atoms with Gasteiger partial charge >= 0.3 is 0 Å². The van der Waals surface area contributed by atoms with Gasteiger partial charge in [0.1, 0.15) is 0 Å². The summed E-state index contributed by atoms with van der Waals surface area (Å²) in [6.45, 7) is 7.33. The number of rotatable bonds is 2. The van der Waals surface area contributed by atoms with Crippen LogP contribution in [0.4, 0.5) is 0 Å². The first kappa shape index (κ1) is 10.9. The summed E-state index contributed by atoms with van der Waals surface area (Å²) < 4.78 is 8.71. The number of H-pyrrole nitrogens is 1. The Morgan fingerprint density at radius 3 is 3.00 bits per heavy atom. The fraction of sp³-hybridized carbons (Fsp3) is 0.727. The molecule has 1 aliphatic heterocycles. The number of hydrogen-bond donors (Lipinski definition) is 1. The van der Waals surface area contributed by atoms with Crippen molar-refractivity contribution in [2.75, 3.05) is 6.61 Å². The Morgan fingerprint density at radius 1 is 1.73 bits per heavy atom. The topological polar surface area (TPSA) is 29.9 Å². The third kappa shape index (κ3) is 1.56. The fourth-order valence-corrected chi connectivity index (χ4v) is 2.73. The van der Waals surface area contributed by atoms with Crippen LogP contribution in [0.15, 0.2) is 6.20 Å². The van der Waals surface area contributed by atoms with Crippen LogP contribution in [0.1, 0.15) is 32.9 Å². The van der Waals surface area contributed by atoms with Gasteiger partial charge in [-0.25, -0.2) is 0 Å². The first-order valence-electron chi connectivity index (χ1n) is 5.51. The van der Waals surface area contributed by atoms with Gasteiger partial charge in [0.2, 0.25) is 0 Å². The molecule has 2 rings (SSSR count). The fourth-order valence-electron chi connectivity index (χ4n) is 2.34. The predicted octanol–water partition coefficient (Wildman–Crippen LogP) is 2.63. The molecule has 4 heteroatoms. The Hall–Kier alpha value is -0.610. The van der Waals surface area contributed by atoms with E-state index >= 15 is 0 Å². The molecule has 0 aromatic carbocycles. The van der Waals surface area contributed by atoms with Crippen molar-refractivity contribution in [3.05, 3.63) is 16.7 Å². The minimum atomic E-state index is 0.0163. The summed E-state index contributed by atoms with van der Waals surface area (Å²) in [5, 5.41) is 0. The maximum absolute atomic E-state index is 5.67. The van der Waals surface area contributed by atoms with Crippen LogP contribution >= 0.6 is 12.2 Å². The Balaban J connectivity index is 2.52. The highest BCUT2D eigenvalue weighted by molar-refractivity contribution is 7.71. The smallest absolute Gasteiger partial charge is 0.177 e. The van der Waals surface area contributed by atoms with Gasteiger partial charge in [0.15, 0.2) is 4.77 Å². The van der Waals surface area contributed by atoms with E-state index in [4.69, 9.17) is 17.0 Å². The van der Waals surface area contributed by atoms with Gasteiger partial charge in [0, 0.05) is 18.5 Å². The van der Waals surface area contributed by atoms with E-state index < -0.39 is 0 Å². The predicted molar refractivity (Wildman–Crippen MR) is 62.7 cm³/mol. The second kappa shape index (κ2) is 3.76. The second-order valence-corrected chi connectivity index (χ2v) is 4.78. The molecule has 2 unspecified atom stereocenters. The number of nitrogens with zero attached hydrogens (tertiary/aromatic N) is 1. The van der Waals surface area contributed by atoms with E-state index in [1.54, 1.807) is 0 Å². The molecule has 0 bridgehead atoms. The number of imidazole rings is 1. The molecule has 1 N–H and O–H groups in total. The van der Waals surface area contributed by atoms with E-state index in [2.05, 4.69) is 30.3 Å². The van der Waals surface area contributed by atoms with Crippen molar-refractivity contribution < 1.29 is 4.74 Å². The monoisotopic (exact) mass is 226 g/mol. The second-order valence-electron chi connectivity index (χ2n) is 4.39. The maximum Gasteiger partial charge on any atom is 0.177 e. The van der Waals surface area contributed by atoms with Gasteiger partial charge in [-0.15, -0.1) is 0 Å². The number of ether oxygens (including phenoxy) is 1. The van der Waals surface area contributed by atoms with E-state index in [0.717, 1.165) is 24.2 Å². The summed E-state index contributed by atoms with van der Waals surface area (Å²) in [6, 6.07) is 0. The zero-order valence-electron chi connectivity index (χ0n) is 9.54. The van der Waals surface area contributed by atoms with Crippen molar-refractivity contribution in [1.29, 1.82) is 0 Å². The van der Waals surface area contributed by atoms with E-state index in [0.29, 0.717) is 0 Å². The molecule has 2 atom stereocenters. The van der Waals surface area contributed by atoms with Crippen molar-refractivity contribution in [1.82, 2.24) is 9.55 Å². The van der Waals surface area contributed by atoms with Gasteiger partial charge in [0.05, 0.1) is 11.6 Å². The molecule has 1 aromatic heterocycles. The molecule has 3 nitrogen and oxygen atoms in total. The van der Waals surface area contributed by atoms with Crippen LogP contribution in [0.5, 0.6) is 0 Å². The average Bonchev–Trinajstić information content (AvgIpc) is 2.72. The van der Waals surface area contributed by atoms with E-state index in [1.165, 1.54) is 5.69 Å². The number of aromatic nitrogens is 2. The molecule has 0 amide bonds. The van der Waals surface area contributed by atoms with Crippen molar-refractivity contribution in [2.24, 2.45) is 0 Å². The summed E-state index contributed by atoms with van der Waals surface area (Å²) >= 11 is 5.35. The third-order valence-corrected chi connectivity index (χ3v) is 3.88. The lowest BCUT2D eigenvalue weighted by atomic mass is 9.94. The van der Waals surface area contributed by atoms with Crippen LogP contribution in [-0.2, 0) is 16.7 Å². The minimum Gasteiger partial charge on any atom is -0.376 e. The number of nitrogens with one attached hydrogen (secondary N) is 1. The molecular weight excluding hydrogens is 208 g/mol. The van der Waals surface area contributed by atoms with Crippen LogP contribution in [0.25, 0.3) is 0 Å². The number of hydrogen-bond acceptors (Lipinski definition) is 2. The highest BCUT2D eigenvalue weighted by atomic mass is 32.1. The first-order valence-corrected chi connectivity index (χ1v) is 5.92. The molecule has 2 heterocycles. The molecule has 84 valence electrons. The van der Waals surface area contributed by atoms with Gasteiger partial charge in [-0.3, -0.25) is 0 Å². The lowest BCUT2D eigenvalue weighted by molar-refractivity contribution is 0.0744. The van der Waals surface area contributed by atoms with Gasteiger partial charge in [0.25, 0.3) is 0 Å². The van der Waals surface area contributed by atoms with Crippen LogP contribution in [0, 0.1) is 4.77 Å². The van der Waals surface area contributed by atoms with Crippen molar-refractivity contribution in [3.8, 4) is 0 Å². The van der Waals surface area contributed by atoms with E-state index in [1.807, 2.05) is 6.20 Å². The quantitative estimate of drug-likeness (QED) is 0.786. The minimum absolute atomic E-state index is 0.0163. The van der Waals surface area contributed by atoms with Crippen LogP contribution in [0.3, 0.4) is 0 Å². The maximum atomic E-state index is 5.67. The molecule has 0 spiro atoms. The lowest BCUT2D eigenvalue weighted by Gasteiger charge is -2.31. The van der Waals surface area contributed by atoms with Crippen LogP contribution < -0.4 is 0 Å². The van der Waals surface area contributed by atoms with Gasteiger partial charge in [-0.1, -0.05) is 6.92 Å². The number of aryl methyl sites for hydroxylation is 1. The van der Waals surface area contributed by atoms with E-state index in [-0.39, 0.29) is 11.6 Å². The average molecular weight is 226 g/mol. The molecule has 1 aliphatic rings. The summed E-state index contributed by atoms with van der Waals surface area (Å²) in [6.07, 6.45) is 4.27. The molecule has 1 aromatic rings. The Kier molecular flexibility index (Phi) is 2.73. The van der Waals surface area contributed by atoms with Gasteiger partial charge < -0.3 is 14.3 Å². The molecular formula is C11H18N2OS. The summed E-state index contributed by atoms with van der Waals surface area (Å²) in [5.41, 5.74) is 1.28. The zero-order chi connectivity index (χ0) is 11.1. The Bertz CT molecular complexity index is 409. The van der Waals surface area contributed by atoms with Crippen LogP contribution in [0.2, 0.25) is 0 Å². The molecule has 1 fully saturated rings. The van der Waals surface area contributed by atoms with Crippen molar-refractivity contribution in [2.45, 2.75) is 45.3 Å². The van der Waals surface area contributed by atoms with Crippen molar-refractivity contribution >= 4 is 12.2 Å². The summed E-state index contributed by atoms with van der Waals surface area (Å²) in [4.78, 5) is 3.13. The summed E-state index contributed by atoms with van der Waals surface area (Å²) in [7, 11) is 0. The molecule has 0 aliphatic carbocycles. The molecule has 15 heavy (non-hydrogen) atoms. The normalized spacial score (nSPS) is 31.0. The Morgan fingerprint density at radius 2 is 2.47 bits per heavy atom. The highest BCUT2D eigenvalue weighted by Gasteiger charge is 2.40. The standard InChI is InChI=1S/C11H18N2OS/c1-4-9-7-12-10(15)13(9)11(3)5-6-14-8(11)2/h7-8H,4-6H2,1-3H3,(H,12,15). The molecule has 0 radical (unpaired) electrons. The highest BCUT2D eigenvalue weighted by Crippen LogP contribution is 2.34. The lowest BCUT2D eigenvalue weighted by Crippen LogP contribution is -2.38. The zero-order valence-corrected chi connectivity index (χ0v) is 10.4. The largest absolute Gasteiger partial charge is 0.376 e. The van der Waals surface area contributed by atoms with Gasteiger partial charge in [-0.05, 0) is 38.9 Å². The molecule has 0 saturated carbocycles.